The quantitative estimate of drug-likeness (QED) is 0.779. The molecule has 1 atom stereocenters. The third-order valence-electron chi connectivity index (χ3n) is 3.75. The first-order valence-electron chi connectivity index (χ1n) is 7.24. The summed E-state index contributed by atoms with van der Waals surface area (Å²) >= 11 is 0. The molecule has 5 nitrogen and oxygen atoms in total. The molecular formula is C16H23NO4. The number of nitrogens with two attached hydrogens (primary N) is 1. The van der Waals surface area contributed by atoms with Crippen LogP contribution in [0.3, 0.4) is 0 Å². The molecule has 0 radical (unpaired) electrons. The fourth-order valence-corrected chi connectivity index (χ4v) is 2.30. The average Bonchev–Trinajstić information content (AvgIpc) is 3.30. The van der Waals surface area contributed by atoms with Crippen LogP contribution in [0.25, 0.3) is 0 Å². The monoisotopic (exact) mass is 293 g/mol. The molecule has 1 aromatic rings. The highest BCUT2D eigenvalue weighted by atomic mass is 16.5. The molecule has 0 aliphatic heterocycles. The van der Waals surface area contributed by atoms with Gasteiger partial charge >= 0.3 is 5.97 Å². The highest BCUT2D eigenvalue weighted by molar-refractivity contribution is 5.81. The van der Waals surface area contributed by atoms with Crippen LogP contribution in [0.15, 0.2) is 18.2 Å². The van der Waals surface area contributed by atoms with E-state index in [1.165, 1.54) is 0 Å². The fourth-order valence-electron chi connectivity index (χ4n) is 2.30. The molecule has 1 aliphatic rings. The Morgan fingerprint density at radius 3 is 2.67 bits per heavy atom. The normalized spacial score (nSPS) is 17.0. The van der Waals surface area contributed by atoms with Crippen LogP contribution in [0, 0.1) is 12.8 Å². The van der Waals surface area contributed by atoms with E-state index < -0.39 is 11.5 Å². The number of benzene rings is 1. The number of methoxy groups -OCH3 is 1. The predicted molar refractivity (Wildman–Crippen MR) is 79.5 cm³/mol. The zero-order valence-electron chi connectivity index (χ0n) is 12.8. The molecule has 21 heavy (non-hydrogen) atoms. The van der Waals surface area contributed by atoms with Crippen molar-refractivity contribution >= 4 is 5.97 Å². The fraction of sp³-hybridized carbons (Fsp3) is 0.562. The molecular weight excluding hydrogens is 270 g/mol. The summed E-state index contributed by atoms with van der Waals surface area (Å²) < 4.78 is 16.2. The van der Waals surface area contributed by atoms with E-state index in [-0.39, 0.29) is 12.5 Å². The van der Waals surface area contributed by atoms with Gasteiger partial charge in [-0.3, -0.25) is 0 Å². The number of rotatable bonds is 7. The topological polar surface area (TPSA) is 70.8 Å². The Morgan fingerprint density at radius 2 is 2.10 bits per heavy atom. The van der Waals surface area contributed by atoms with Gasteiger partial charge in [0.25, 0.3) is 0 Å². The number of ether oxygens (including phenoxy) is 3. The standard InChI is InChI=1S/C16H23NO4/c1-4-20-15(18)16(17,12-6-7-12)10-21-13-8-5-11(2)9-14(13)19-3/h5,8-9,12H,4,6-7,10,17H2,1-3H3. The van der Waals surface area contributed by atoms with Gasteiger partial charge in [0.1, 0.15) is 6.61 Å². The first kappa shape index (κ1) is 15.6. The summed E-state index contributed by atoms with van der Waals surface area (Å²) in [6.45, 7) is 4.16. The molecule has 2 rings (SSSR count). The number of aryl methyl sites for hydroxylation is 1. The Labute approximate surface area is 125 Å². The zero-order chi connectivity index (χ0) is 15.5. The van der Waals surface area contributed by atoms with Crippen LogP contribution >= 0.6 is 0 Å². The summed E-state index contributed by atoms with van der Waals surface area (Å²) in [7, 11) is 1.59. The summed E-state index contributed by atoms with van der Waals surface area (Å²) in [5.74, 6) is 0.964. The van der Waals surface area contributed by atoms with Crippen LogP contribution in [0.4, 0.5) is 0 Å². The van der Waals surface area contributed by atoms with Gasteiger partial charge in [-0.1, -0.05) is 6.07 Å². The lowest BCUT2D eigenvalue weighted by molar-refractivity contribution is -0.152. The predicted octanol–water partition coefficient (Wildman–Crippen LogP) is 2.05. The van der Waals surface area contributed by atoms with Crippen molar-refractivity contribution in [2.75, 3.05) is 20.3 Å². The molecule has 1 saturated carbocycles. The van der Waals surface area contributed by atoms with Crippen molar-refractivity contribution in [2.24, 2.45) is 11.7 Å². The second-order valence-corrected chi connectivity index (χ2v) is 5.48. The van der Waals surface area contributed by atoms with E-state index in [1.54, 1.807) is 14.0 Å². The molecule has 0 spiro atoms. The van der Waals surface area contributed by atoms with E-state index in [2.05, 4.69) is 0 Å². The van der Waals surface area contributed by atoms with E-state index in [0.717, 1.165) is 18.4 Å². The summed E-state index contributed by atoms with van der Waals surface area (Å²) in [6, 6.07) is 5.64. The molecule has 0 bridgehead atoms. The highest BCUT2D eigenvalue weighted by Crippen LogP contribution is 2.40. The average molecular weight is 293 g/mol. The molecule has 0 amide bonds. The van der Waals surface area contributed by atoms with E-state index in [9.17, 15) is 4.79 Å². The molecule has 1 fully saturated rings. The summed E-state index contributed by atoms with van der Waals surface area (Å²) in [6.07, 6.45) is 1.87. The largest absolute Gasteiger partial charge is 0.493 e. The van der Waals surface area contributed by atoms with Crippen LogP contribution in [0.2, 0.25) is 0 Å². The minimum Gasteiger partial charge on any atom is -0.493 e. The van der Waals surface area contributed by atoms with Crippen molar-refractivity contribution in [2.45, 2.75) is 32.2 Å². The van der Waals surface area contributed by atoms with Gasteiger partial charge in [-0.15, -0.1) is 0 Å². The molecule has 1 aliphatic carbocycles. The lowest BCUT2D eigenvalue weighted by Crippen LogP contribution is -2.55. The summed E-state index contributed by atoms with van der Waals surface area (Å²) in [5, 5.41) is 0. The number of carbonyl (C=O) groups is 1. The molecule has 0 aromatic heterocycles. The maximum absolute atomic E-state index is 12.1. The van der Waals surface area contributed by atoms with Crippen LogP contribution in [-0.4, -0.2) is 31.8 Å². The van der Waals surface area contributed by atoms with Crippen molar-refractivity contribution < 1.29 is 19.0 Å². The number of hydrogen-bond acceptors (Lipinski definition) is 5. The Bertz CT molecular complexity index is 513. The van der Waals surface area contributed by atoms with Crippen LogP contribution in [-0.2, 0) is 9.53 Å². The van der Waals surface area contributed by atoms with Crippen molar-refractivity contribution in [1.29, 1.82) is 0 Å². The van der Waals surface area contributed by atoms with E-state index in [1.807, 2.05) is 25.1 Å². The SMILES string of the molecule is CCOC(=O)C(N)(COc1ccc(C)cc1OC)C1CC1. The van der Waals surface area contributed by atoms with Crippen molar-refractivity contribution in [3.63, 3.8) is 0 Å². The molecule has 1 aromatic carbocycles. The van der Waals surface area contributed by atoms with E-state index >= 15 is 0 Å². The maximum atomic E-state index is 12.1. The molecule has 1 unspecified atom stereocenters. The zero-order valence-corrected chi connectivity index (χ0v) is 12.8. The molecule has 0 saturated heterocycles. The maximum Gasteiger partial charge on any atom is 0.329 e. The Balaban J connectivity index is 2.10. The van der Waals surface area contributed by atoms with Gasteiger partial charge < -0.3 is 19.9 Å². The summed E-state index contributed by atoms with van der Waals surface area (Å²) in [5.41, 5.74) is 6.26. The Kier molecular flexibility index (Phi) is 4.73. The third kappa shape index (κ3) is 3.47. The smallest absolute Gasteiger partial charge is 0.329 e. The van der Waals surface area contributed by atoms with Gasteiger partial charge in [0.15, 0.2) is 17.0 Å². The van der Waals surface area contributed by atoms with Crippen molar-refractivity contribution in [3.8, 4) is 11.5 Å². The first-order chi connectivity index (χ1) is 10.0. The van der Waals surface area contributed by atoms with Gasteiger partial charge in [0.05, 0.1) is 13.7 Å². The van der Waals surface area contributed by atoms with Crippen molar-refractivity contribution in [3.05, 3.63) is 23.8 Å². The van der Waals surface area contributed by atoms with Crippen LogP contribution < -0.4 is 15.2 Å². The van der Waals surface area contributed by atoms with Gasteiger partial charge in [-0.05, 0) is 50.3 Å². The van der Waals surface area contributed by atoms with E-state index in [4.69, 9.17) is 19.9 Å². The van der Waals surface area contributed by atoms with Gasteiger partial charge in [0, 0.05) is 0 Å². The van der Waals surface area contributed by atoms with Gasteiger partial charge in [0.2, 0.25) is 0 Å². The minimum atomic E-state index is -1.08. The van der Waals surface area contributed by atoms with Crippen molar-refractivity contribution in [1.82, 2.24) is 0 Å². The lowest BCUT2D eigenvalue weighted by atomic mass is 9.96. The molecule has 5 heteroatoms. The Hall–Kier alpha value is -1.75. The highest BCUT2D eigenvalue weighted by Gasteiger charge is 2.50. The van der Waals surface area contributed by atoms with Gasteiger partial charge in [-0.25, -0.2) is 4.79 Å². The number of esters is 1. The third-order valence-corrected chi connectivity index (χ3v) is 3.75. The second kappa shape index (κ2) is 6.35. The van der Waals surface area contributed by atoms with Crippen LogP contribution in [0.5, 0.6) is 11.5 Å². The van der Waals surface area contributed by atoms with E-state index in [0.29, 0.717) is 18.1 Å². The first-order valence-corrected chi connectivity index (χ1v) is 7.24. The molecule has 116 valence electrons. The number of carbonyl (C=O) groups excluding carboxylic acids is 1. The number of hydrogen-bond donors (Lipinski definition) is 1. The lowest BCUT2D eigenvalue weighted by Gasteiger charge is -2.27. The molecule has 2 N–H and O–H groups in total. The molecule has 0 heterocycles. The Morgan fingerprint density at radius 1 is 1.38 bits per heavy atom. The van der Waals surface area contributed by atoms with Crippen LogP contribution in [0.1, 0.15) is 25.3 Å². The second-order valence-electron chi connectivity index (χ2n) is 5.48. The minimum absolute atomic E-state index is 0.0932. The van der Waals surface area contributed by atoms with Gasteiger partial charge in [-0.2, -0.15) is 0 Å². The summed E-state index contributed by atoms with van der Waals surface area (Å²) in [4.78, 5) is 12.1.